The van der Waals surface area contributed by atoms with Crippen molar-refractivity contribution < 1.29 is 14.3 Å². The fourth-order valence-corrected chi connectivity index (χ4v) is 2.29. The minimum absolute atomic E-state index is 0.100. The highest BCUT2D eigenvalue weighted by Gasteiger charge is 2.29. The van der Waals surface area contributed by atoms with Crippen LogP contribution in [0.3, 0.4) is 0 Å². The van der Waals surface area contributed by atoms with Crippen molar-refractivity contribution in [2.45, 2.75) is 32.4 Å². The number of nitrogen functional groups attached to an aromatic ring is 1. The van der Waals surface area contributed by atoms with Crippen LogP contribution in [-0.4, -0.2) is 48.1 Å². The predicted octanol–water partition coefficient (Wildman–Crippen LogP) is 1.52. The number of H-pyrrole nitrogens is 1. The molecule has 2 heterocycles. The molecule has 0 unspecified atom stereocenters. The summed E-state index contributed by atoms with van der Waals surface area (Å²) in [7, 11) is 0. The fraction of sp³-hybridized carbons (Fsp3) is 0.571. The van der Waals surface area contributed by atoms with Gasteiger partial charge in [0.1, 0.15) is 10.7 Å². The van der Waals surface area contributed by atoms with E-state index in [9.17, 15) is 4.79 Å². The van der Waals surface area contributed by atoms with Crippen LogP contribution >= 0.6 is 11.6 Å². The zero-order valence-electron chi connectivity index (χ0n) is 12.7. The fourth-order valence-electron chi connectivity index (χ4n) is 2.12. The van der Waals surface area contributed by atoms with E-state index in [0.29, 0.717) is 19.8 Å². The number of allylic oxidation sites excluding steroid dienone is 1. The maximum Gasteiger partial charge on any atom is 0.271 e. The molecule has 8 heteroatoms. The SMILES string of the molecule is CC(C)=CCO[C@@H]1CCOC[C@@H]1NC(=O)c1[nH]nc(N)c1Cl. The average molecular weight is 329 g/mol. The smallest absolute Gasteiger partial charge is 0.271 e. The standard InChI is InChI=1S/C14H21ClN4O3/c1-8(2)3-6-22-10-4-5-21-7-9(10)17-14(20)12-11(15)13(16)19-18-12/h3,9-10H,4-7H2,1-2H3,(H,17,20)(H3,16,18,19)/t9-,10+/m0/s1. The van der Waals surface area contributed by atoms with Crippen molar-refractivity contribution >= 4 is 23.3 Å². The van der Waals surface area contributed by atoms with Crippen LogP contribution in [0.4, 0.5) is 5.82 Å². The summed E-state index contributed by atoms with van der Waals surface area (Å²) < 4.78 is 11.2. The van der Waals surface area contributed by atoms with Gasteiger partial charge in [0, 0.05) is 6.61 Å². The second kappa shape index (κ2) is 7.62. The lowest BCUT2D eigenvalue weighted by atomic mass is 10.1. The lowest BCUT2D eigenvalue weighted by Gasteiger charge is -2.31. The van der Waals surface area contributed by atoms with E-state index < -0.39 is 0 Å². The Hall–Kier alpha value is -1.57. The maximum atomic E-state index is 12.2. The number of amides is 1. The van der Waals surface area contributed by atoms with Gasteiger partial charge in [0.2, 0.25) is 0 Å². The third-order valence-corrected chi connectivity index (χ3v) is 3.75. The monoisotopic (exact) mass is 328 g/mol. The summed E-state index contributed by atoms with van der Waals surface area (Å²) in [6.07, 6.45) is 2.62. The third-order valence-electron chi connectivity index (χ3n) is 3.37. The molecule has 1 aromatic rings. The molecule has 0 saturated carbocycles. The second-order valence-electron chi connectivity index (χ2n) is 5.39. The number of hydrogen-bond donors (Lipinski definition) is 3. The molecule has 0 bridgehead atoms. The number of ether oxygens (including phenoxy) is 2. The van der Waals surface area contributed by atoms with E-state index in [1.54, 1.807) is 0 Å². The molecule has 4 N–H and O–H groups in total. The number of aromatic nitrogens is 2. The Bertz CT molecular complexity index is 554. The summed E-state index contributed by atoms with van der Waals surface area (Å²) in [5.41, 5.74) is 6.86. The van der Waals surface area contributed by atoms with E-state index in [0.717, 1.165) is 6.42 Å². The first kappa shape index (κ1) is 16.8. The predicted molar refractivity (Wildman–Crippen MR) is 83.9 cm³/mol. The number of carbonyl (C=O) groups excluding carboxylic acids is 1. The van der Waals surface area contributed by atoms with Crippen molar-refractivity contribution in [3.05, 3.63) is 22.4 Å². The highest BCUT2D eigenvalue weighted by molar-refractivity contribution is 6.35. The molecule has 0 aliphatic carbocycles. The van der Waals surface area contributed by atoms with Crippen molar-refractivity contribution in [1.29, 1.82) is 0 Å². The zero-order chi connectivity index (χ0) is 16.1. The summed E-state index contributed by atoms with van der Waals surface area (Å²) in [5, 5.41) is 9.21. The normalized spacial score (nSPS) is 21.4. The van der Waals surface area contributed by atoms with Gasteiger partial charge in [0.15, 0.2) is 5.82 Å². The number of aromatic amines is 1. The Balaban J connectivity index is 1.97. The van der Waals surface area contributed by atoms with Gasteiger partial charge in [-0.25, -0.2) is 0 Å². The van der Waals surface area contributed by atoms with Crippen LogP contribution in [0.2, 0.25) is 5.02 Å². The average Bonchev–Trinajstić information content (AvgIpc) is 2.80. The van der Waals surface area contributed by atoms with Gasteiger partial charge in [-0.15, -0.1) is 0 Å². The van der Waals surface area contributed by atoms with Crippen molar-refractivity contribution in [3.8, 4) is 0 Å². The quantitative estimate of drug-likeness (QED) is 0.711. The van der Waals surface area contributed by atoms with Crippen LogP contribution in [0.1, 0.15) is 30.8 Å². The lowest BCUT2D eigenvalue weighted by Crippen LogP contribution is -2.50. The third kappa shape index (κ3) is 4.22. The van der Waals surface area contributed by atoms with Crippen LogP contribution in [0, 0.1) is 0 Å². The van der Waals surface area contributed by atoms with Crippen LogP contribution in [0.15, 0.2) is 11.6 Å². The number of rotatable bonds is 5. The van der Waals surface area contributed by atoms with Gasteiger partial charge >= 0.3 is 0 Å². The van der Waals surface area contributed by atoms with Gasteiger partial charge in [0.25, 0.3) is 5.91 Å². The molecule has 1 saturated heterocycles. The molecule has 1 aliphatic rings. The molecule has 2 atom stereocenters. The molecule has 0 radical (unpaired) electrons. The summed E-state index contributed by atoms with van der Waals surface area (Å²) >= 11 is 5.93. The van der Waals surface area contributed by atoms with Crippen LogP contribution in [0.5, 0.6) is 0 Å². The van der Waals surface area contributed by atoms with E-state index in [1.807, 2.05) is 19.9 Å². The summed E-state index contributed by atoms with van der Waals surface area (Å²) in [4.78, 5) is 12.2. The van der Waals surface area contributed by atoms with Crippen molar-refractivity contribution in [1.82, 2.24) is 15.5 Å². The molecule has 1 fully saturated rings. The molecule has 122 valence electrons. The van der Waals surface area contributed by atoms with Crippen LogP contribution in [0.25, 0.3) is 0 Å². The Morgan fingerprint density at radius 3 is 3.05 bits per heavy atom. The van der Waals surface area contributed by atoms with Crippen LogP contribution < -0.4 is 11.1 Å². The van der Waals surface area contributed by atoms with Gasteiger partial charge in [-0.05, 0) is 20.3 Å². The maximum absolute atomic E-state index is 12.2. The topological polar surface area (TPSA) is 102 Å². The number of nitrogens with one attached hydrogen (secondary N) is 2. The van der Waals surface area contributed by atoms with Crippen molar-refractivity contribution in [2.24, 2.45) is 0 Å². The van der Waals surface area contributed by atoms with E-state index in [4.69, 9.17) is 26.8 Å². The first-order valence-corrected chi connectivity index (χ1v) is 7.49. The lowest BCUT2D eigenvalue weighted by molar-refractivity contribution is -0.0457. The molecule has 0 aromatic carbocycles. The summed E-state index contributed by atoms with van der Waals surface area (Å²) in [6.45, 7) is 5.54. The molecule has 1 amide bonds. The van der Waals surface area contributed by atoms with Crippen molar-refractivity contribution in [3.63, 3.8) is 0 Å². The van der Waals surface area contributed by atoms with Gasteiger partial charge in [-0.1, -0.05) is 23.3 Å². The minimum Gasteiger partial charge on any atom is -0.381 e. The highest BCUT2D eigenvalue weighted by atomic mass is 35.5. The molecule has 1 aromatic heterocycles. The molecule has 0 spiro atoms. The number of carbonyl (C=O) groups is 1. The molecular formula is C14H21ClN4O3. The van der Waals surface area contributed by atoms with E-state index in [1.165, 1.54) is 5.57 Å². The van der Waals surface area contributed by atoms with Crippen molar-refractivity contribution in [2.75, 3.05) is 25.6 Å². The Kier molecular flexibility index (Phi) is 5.82. The molecule has 2 rings (SSSR count). The molecular weight excluding hydrogens is 308 g/mol. The highest BCUT2D eigenvalue weighted by Crippen LogP contribution is 2.20. The summed E-state index contributed by atoms with van der Waals surface area (Å²) in [5.74, 6) is -0.274. The first-order chi connectivity index (χ1) is 10.5. The Labute approximate surface area is 134 Å². The second-order valence-corrected chi connectivity index (χ2v) is 5.77. The molecule has 1 aliphatic heterocycles. The Morgan fingerprint density at radius 2 is 2.41 bits per heavy atom. The number of hydrogen-bond acceptors (Lipinski definition) is 5. The Morgan fingerprint density at radius 1 is 1.64 bits per heavy atom. The number of anilines is 1. The number of nitrogens with two attached hydrogens (primary N) is 1. The van der Waals surface area contributed by atoms with Crippen LogP contribution in [-0.2, 0) is 9.47 Å². The summed E-state index contributed by atoms with van der Waals surface area (Å²) in [6, 6.07) is -0.243. The van der Waals surface area contributed by atoms with Gasteiger partial charge in [-0.3, -0.25) is 9.89 Å². The first-order valence-electron chi connectivity index (χ1n) is 7.12. The van der Waals surface area contributed by atoms with Gasteiger partial charge in [0.05, 0.1) is 25.4 Å². The van der Waals surface area contributed by atoms with Gasteiger partial charge < -0.3 is 20.5 Å². The molecule has 22 heavy (non-hydrogen) atoms. The minimum atomic E-state index is -0.375. The molecule has 7 nitrogen and oxygen atoms in total. The zero-order valence-corrected chi connectivity index (χ0v) is 13.4. The number of nitrogens with zero attached hydrogens (tertiary/aromatic N) is 1. The van der Waals surface area contributed by atoms with E-state index in [-0.39, 0.29) is 34.6 Å². The number of halogens is 1. The van der Waals surface area contributed by atoms with Gasteiger partial charge in [-0.2, -0.15) is 5.10 Å². The van der Waals surface area contributed by atoms with E-state index in [2.05, 4.69) is 15.5 Å². The van der Waals surface area contributed by atoms with E-state index >= 15 is 0 Å². The largest absolute Gasteiger partial charge is 0.381 e.